The van der Waals surface area contributed by atoms with Gasteiger partial charge >= 0.3 is 0 Å². The molecule has 5 nitrogen and oxygen atoms in total. The second-order valence-electron chi connectivity index (χ2n) is 4.59. The average molecular weight is 368 g/mol. The van der Waals surface area contributed by atoms with E-state index in [1.54, 1.807) is 30.3 Å². The molecule has 8 heteroatoms. The standard InChI is InChI=1S/C15H11Cl2N3O2S/c1-2-22-12-6-3-8(7-10(12)17)15(21)18-13-9(16)4-5-11-14(13)20-23-19-11/h3-7H,2H2,1H3,(H,18,21). The van der Waals surface area contributed by atoms with E-state index >= 15 is 0 Å². The van der Waals surface area contributed by atoms with Crippen LogP contribution in [0.25, 0.3) is 11.0 Å². The van der Waals surface area contributed by atoms with Gasteiger partial charge in [-0.2, -0.15) is 8.75 Å². The Morgan fingerprint density at radius 3 is 2.78 bits per heavy atom. The Balaban J connectivity index is 1.90. The Hall–Kier alpha value is -1.89. The number of rotatable bonds is 4. The van der Waals surface area contributed by atoms with E-state index in [1.807, 2.05) is 6.92 Å². The van der Waals surface area contributed by atoms with E-state index < -0.39 is 0 Å². The molecule has 0 spiro atoms. The van der Waals surface area contributed by atoms with Crippen LogP contribution in [0.15, 0.2) is 30.3 Å². The molecule has 0 atom stereocenters. The van der Waals surface area contributed by atoms with Crippen LogP contribution in [0.2, 0.25) is 10.0 Å². The van der Waals surface area contributed by atoms with E-state index in [9.17, 15) is 4.79 Å². The fourth-order valence-corrected chi connectivity index (χ4v) is 3.02. The van der Waals surface area contributed by atoms with Crippen LogP contribution in [-0.2, 0) is 0 Å². The van der Waals surface area contributed by atoms with Crippen LogP contribution in [0.3, 0.4) is 0 Å². The number of fused-ring (bicyclic) bond motifs is 1. The smallest absolute Gasteiger partial charge is 0.255 e. The summed E-state index contributed by atoms with van der Waals surface area (Å²) < 4.78 is 13.7. The van der Waals surface area contributed by atoms with Crippen molar-refractivity contribution >= 4 is 57.6 Å². The van der Waals surface area contributed by atoms with E-state index in [0.29, 0.717) is 44.7 Å². The molecular formula is C15H11Cl2N3O2S. The van der Waals surface area contributed by atoms with Crippen molar-refractivity contribution in [3.8, 4) is 5.75 Å². The second-order valence-corrected chi connectivity index (χ2v) is 5.93. The summed E-state index contributed by atoms with van der Waals surface area (Å²) in [6.07, 6.45) is 0. The van der Waals surface area contributed by atoms with Gasteiger partial charge in [-0.05, 0) is 37.3 Å². The van der Waals surface area contributed by atoms with Gasteiger partial charge in [-0.3, -0.25) is 4.79 Å². The minimum Gasteiger partial charge on any atom is -0.492 e. The highest BCUT2D eigenvalue weighted by Crippen LogP contribution is 2.31. The van der Waals surface area contributed by atoms with E-state index in [4.69, 9.17) is 27.9 Å². The molecule has 0 aliphatic rings. The molecule has 0 aliphatic carbocycles. The molecule has 0 unspecified atom stereocenters. The predicted molar refractivity (Wildman–Crippen MR) is 93.0 cm³/mol. The van der Waals surface area contributed by atoms with Crippen molar-refractivity contribution in [2.24, 2.45) is 0 Å². The molecule has 1 aromatic heterocycles. The van der Waals surface area contributed by atoms with Gasteiger partial charge in [0.2, 0.25) is 0 Å². The van der Waals surface area contributed by atoms with Gasteiger partial charge < -0.3 is 10.1 Å². The molecule has 1 heterocycles. The van der Waals surface area contributed by atoms with Crippen LogP contribution in [-0.4, -0.2) is 21.3 Å². The van der Waals surface area contributed by atoms with Crippen LogP contribution in [0, 0.1) is 0 Å². The Bertz CT molecular complexity index is 882. The van der Waals surface area contributed by atoms with Crippen molar-refractivity contribution in [1.29, 1.82) is 0 Å². The van der Waals surface area contributed by atoms with E-state index in [1.165, 1.54) is 0 Å². The molecule has 1 N–H and O–H groups in total. The van der Waals surface area contributed by atoms with Gasteiger partial charge in [-0.15, -0.1) is 0 Å². The van der Waals surface area contributed by atoms with Crippen molar-refractivity contribution in [2.75, 3.05) is 11.9 Å². The fraction of sp³-hybridized carbons (Fsp3) is 0.133. The maximum atomic E-state index is 12.4. The summed E-state index contributed by atoms with van der Waals surface area (Å²) >= 11 is 13.3. The lowest BCUT2D eigenvalue weighted by atomic mass is 10.2. The third-order valence-corrected chi connectivity index (χ3v) is 4.26. The molecule has 0 saturated heterocycles. The minimum atomic E-state index is -0.336. The number of benzene rings is 2. The van der Waals surface area contributed by atoms with Crippen LogP contribution in [0.5, 0.6) is 5.75 Å². The third kappa shape index (κ3) is 3.24. The molecule has 118 valence electrons. The van der Waals surface area contributed by atoms with Crippen LogP contribution in [0.1, 0.15) is 17.3 Å². The van der Waals surface area contributed by atoms with Crippen molar-refractivity contribution in [1.82, 2.24) is 8.75 Å². The fourth-order valence-electron chi connectivity index (χ4n) is 2.05. The van der Waals surface area contributed by atoms with Gasteiger partial charge in [0, 0.05) is 5.56 Å². The Morgan fingerprint density at radius 2 is 2.04 bits per heavy atom. The molecule has 0 bridgehead atoms. The lowest BCUT2D eigenvalue weighted by Gasteiger charge is -2.10. The number of amides is 1. The van der Waals surface area contributed by atoms with Crippen LogP contribution < -0.4 is 10.1 Å². The Morgan fingerprint density at radius 1 is 1.22 bits per heavy atom. The number of halogens is 2. The number of ether oxygens (including phenoxy) is 1. The van der Waals surface area contributed by atoms with E-state index in [-0.39, 0.29) is 5.91 Å². The number of carbonyl (C=O) groups excluding carboxylic acids is 1. The van der Waals surface area contributed by atoms with Crippen molar-refractivity contribution in [3.63, 3.8) is 0 Å². The largest absolute Gasteiger partial charge is 0.492 e. The summed E-state index contributed by atoms with van der Waals surface area (Å²) in [4.78, 5) is 12.4. The molecule has 0 saturated carbocycles. The first-order valence-electron chi connectivity index (χ1n) is 6.74. The second kappa shape index (κ2) is 6.70. The zero-order valence-electron chi connectivity index (χ0n) is 12.0. The van der Waals surface area contributed by atoms with Gasteiger partial charge in [-0.25, -0.2) is 0 Å². The number of hydrogen-bond acceptors (Lipinski definition) is 5. The molecule has 3 aromatic rings. The number of nitrogens with zero attached hydrogens (tertiary/aromatic N) is 2. The maximum Gasteiger partial charge on any atom is 0.255 e. The maximum absolute atomic E-state index is 12.4. The van der Waals surface area contributed by atoms with Gasteiger partial charge in [0.15, 0.2) is 0 Å². The first kappa shape index (κ1) is 16.0. The quantitative estimate of drug-likeness (QED) is 0.728. The minimum absolute atomic E-state index is 0.336. The molecule has 23 heavy (non-hydrogen) atoms. The number of anilines is 1. The molecule has 0 fully saturated rings. The summed E-state index contributed by atoms with van der Waals surface area (Å²) in [6, 6.07) is 8.28. The van der Waals surface area contributed by atoms with Crippen LogP contribution >= 0.6 is 34.9 Å². The summed E-state index contributed by atoms with van der Waals surface area (Å²) in [5.41, 5.74) is 2.08. The number of carbonyl (C=O) groups is 1. The zero-order valence-corrected chi connectivity index (χ0v) is 14.3. The lowest BCUT2D eigenvalue weighted by molar-refractivity contribution is 0.102. The Kier molecular flexibility index (Phi) is 4.66. The third-order valence-electron chi connectivity index (χ3n) is 3.11. The summed E-state index contributed by atoms with van der Waals surface area (Å²) in [6.45, 7) is 2.36. The van der Waals surface area contributed by atoms with Crippen LogP contribution in [0.4, 0.5) is 5.69 Å². The highest BCUT2D eigenvalue weighted by atomic mass is 35.5. The van der Waals surface area contributed by atoms with E-state index in [2.05, 4.69) is 14.1 Å². The molecule has 0 aliphatic heterocycles. The summed E-state index contributed by atoms with van der Waals surface area (Å²) in [5.74, 6) is 0.201. The van der Waals surface area contributed by atoms with E-state index in [0.717, 1.165) is 11.7 Å². The number of nitrogens with one attached hydrogen (secondary N) is 1. The van der Waals surface area contributed by atoms with Gasteiger partial charge in [-0.1, -0.05) is 23.2 Å². The Labute approximate surface area is 146 Å². The van der Waals surface area contributed by atoms with Crippen molar-refractivity contribution in [3.05, 3.63) is 45.9 Å². The molecule has 0 radical (unpaired) electrons. The normalized spacial score (nSPS) is 10.7. The van der Waals surface area contributed by atoms with Gasteiger partial charge in [0.05, 0.1) is 34.1 Å². The summed E-state index contributed by atoms with van der Waals surface area (Å²) in [5, 5.41) is 3.54. The predicted octanol–water partition coefficient (Wildman–Crippen LogP) is 4.65. The first-order chi connectivity index (χ1) is 11.1. The van der Waals surface area contributed by atoms with Crippen molar-refractivity contribution in [2.45, 2.75) is 6.92 Å². The van der Waals surface area contributed by atoms with Gasteiger partial charge in [0.25, 0.3) is 5.91 Å². The lowest BCUT2D eigenvalue weighted by Crippen LogP contribution is -2.12. The SMILES string of the molecule is CCOc1ccc(C(=O)Nc2c(Cl)ccc3nsnc23)cc1Cl. The summed E-state index contributed by atoms with van der Waals surface area (Å²) in [7, 11) is 0. The average Bonchev–Trinajstić information content (AvgIpc) is 3.01. The van der Waals surface area contributed by atoms with Crippen molar-refractivity contribution < 1.29 is 9.53 Å². The van der Waals surface area contributed by atoms with Gasteiger partial charge in [0.1, 0.15) is 16.8 Å². The topological polar surface area (TPSA) is 64.1 Å². The zero-order chi connectivity index (χ0) is 16.4. The monoisotopic (exact) mass is 367 g/mol. The molecule has 1 amide bonds. The number of aromatic nitrogens is 2. The molecular weight excluding hydrogens is 357 g/mol. The first-order valence-corrected chi connectivity index (χ1v) is 8.23. The number of hydrogen-bond donors (Lipinski definition) is 1. The highest BCUT2D eigenvalue weighted by Gasteiger charge is 2.15. The molecule has 2 aromatic carbocycles. The molecule has 3 rings (SSSR count). The highest BCUT2D eigenvalue weighted by molar-refractivity contribution is 7.00.